The van der Waals surface area contributed by atoms with Gasteiger partial charge in [-0.05, 0) is 43.7 Å². The van der Waals surface area contributed by atoms with Gasteiger partial charge in [-0.15, -0.1) is 11.3 Å². The number of carbonyl (C=O) groups is 2. The fourth-order valence-electron chi connectivity index (χ4n) is 2.90. The van der Waals surface area contributed by atoms with Gasteiger partial charge in [-0.3, -0.25) is 10.1 Å². The Balaban J connectivity index is 1.79. The summed E-state index contributed by atoms with van der Waals surface area (Å²) < 4.78 is 0. The lowest BCUT2D eigenvalue weighted by Gasteiger charge is -2.24. The Kier molecular flexibility index (Phi) is 6.59. The van der Waals surface area contributed by atoms with Crippen LogP contribution in [0.4, 0.5) is 4.79 Å². The molecule has 128 valence electrons. The molecule has 1 aliphatic rings. The average molecular weight is 338 g/mol. The first-order valence-electron chi connectivity index (χ1n) is 8.44. The second-order valence-corrected chi connectivity index (χ2v) is 7.57. The van der Waals surface area contributed by atoms with E-state index < -0.39 is 0 Å². The lowest BCUT2D eigenvalue weighted by atomic mass is 9.96. The summed E-state index contributed by atoms with van der Waals surface area (Å²) in [6.45, 7) is 4.74. The number of rotatable bonds is 5. The van der Waals surface area contributed by atoms with Crippen molar-refractivity contribution in [2.45, 2.75) is 64.6 Å². The van der Waals surface area contributed by atoms with Crippen molar-refractivity contribution in [2.75, 3.05) is 7.05 Å². The first-order chi connectivity index (χ1) is 11.0. The smallest absolute Gasteiger partial charge is 0.321 e. The zero-order chi connectivity index (χ0) is 16.8. The van der Waals surface area contributed by atoms with Gasteiger partial charge in [0.2, 0.25) is 0 Å². The Bertz CT molecular complexity index is 538. The first kappa shape index (κ1) is 17.9. The van der Waals surface area contributed by atoms with E-state index >= 15 is 0 Å². The van der Waals surface area contributed by atoms with E-state index in [9.17, 15) is 9.59 Å². The lowest BCUT2D eigenvalue weighted by molar-refractivity contribution is -0.907. The fourth-order valence-corrected chi connectivity index (χ4v) is 3.91. The van der Waals surface area contributed by atoms with E-state index in [4.69, 9.17) is 0 Å². The van der Waals surface area contributed by atoms with Gasteiger partial charge in [-0.1, -0.05) is 19.3 Å². The third kappa shape index (κ3) is 5.32. The maximum atomic E-state index is 12.3. The molecule has 23 heavy (non-hydrogen) atoms. The molecule has 5 nitrogen and oxygen atoms in total. The molecule has 1 aromatic heterocycles. The number of quaternary nitrogens is 1. The molecule has 3 N–H and O–H groups in total. The summed E-state index contributed by atoms with van der Waals surface area (Å²) >= 11 is 1.71. The van der Waals surface area contributed by atoms with E-state index in [2.05, 4.69) is 29.0 Å². The molecule has 0 radical (unpaired) electrons. The SMILES string of the molecule is Cc1ccsc1C[NH+](C)[C@H](C)C(=O)NC(=O)NC1CCCCC1. The number of carbonyl (C=O) groups excluding carboxylic acids is 2. The Labute approximate surface area is 142 Å². The van der Waals surface area contributed by atoms with Crippen LogP contribution in [0.2, 0.25) is 0 Å². The quantitative estimate of drug-likeness (QED) is 0.764. The molecule has 2 rings (SSSR count). The van der Waals surface area contributed by atoms with Crippen molar-refractivity contribution < 1.29 is 14.5 Å². The van der Waals surface area contributed by atoms with Crippen LogP contribution in [-0.2, 0) is 11.3 Å². The highest BCUT2D eigenvalue weighted by molar-refractivity contribution is 7.10. The summed E-state index contributed by atoms with van der Waals surface area (Å²) in [5, 5.41) is 7.49. The van der Waals surface area contributed by atoms with Crippen LogP contribution in [0, 0.1) is 6.92 Å². The van der Waals surface area contributed by atoms with Crippen LogP contribution in [0.25, 0.3) is 0 Å². The average Bonchev–Trinajstić information content (AvgIpc) is 2.92. The summed E-state index contributed by atoms with van der Waals surface area (Å²) in [4.78, 5) is 26.6. The molecule has 0 aliphatic heterocycles. The molecule has 0 spiro atoms. The molecule has 1 fully saturated rings. The molecule has 1 heterocycles. The third-order valence-corrected chi connectivity index (χ3v) is 5.74. The predicted octanol–water partition coefficient (Wildman–Crippen LogP) is 1.62. The normalized spacial score (nSPS) is 18.2. The Hall–Kier alpha value is -1.40. The van der Waals surface area contributed by atoms with E-state index in [1.807, 2.05) is 14.0 Å². The third-order valence-electron chi connectivity index (χ3n) is 4.72. The van der Waals surface area contributed by atoms with Crippen molar-refractivity contribution in [3.63, 3.8) is 0 Å². The molecule has 1 aliphatic carbocycles. The van der Waals surface area contributed by atoms with E-state index in [1.165, 1.54) is 16.9 Å². The molecule has 1 aromatic rings. The monoisotopic (exact) mass is 338 g/mol. The molecular weight excluding hydrogens is 310 g/mol. The number of urea groups is 1. The molecule has 1 saturated carbocycles. The minimum absolute atomic E-state index is 0.214. The van der Waals surface area contributed by atoms with Crippen molar-refractivity contribution in [2.24, 2.45) is 0 Å². The zero-order valence-corrected chi connectivity index (χ0v) is 15.1. The molecule has 0 saturated heterocycles. The number of hydrogen-bond acceptors (Lipinski definition) is 3. The van der Waals surface area contributed by atoms with E-state index in [-0.39, 0.29) is 24.0 Å². The van der Waals surface area contributed by atoms with Crippen LogP contribution in [0.3, 0.4) is 0 Å². The number of amides is 3. The van der Waals surface area contributed by atoms with Gasteiger partial charge in [0.05, 0.1) is 11.9 Å². The number of thiophene rings is 1. The minimum Gasteiger partial charge on any atom is -0.335 e. The summed E-state index contributed by atoms with van der Waals surface area (Å²) in [6, 6.07) is 1.68. The van der Waals surface area contributed by atoms with Gasteiger partial charge in [0.15, 0.2) is 6.04 Å². The summed E-state index contributed by atoms with van der Waals surface area (Å²) in [5.74, 6) is -0.218. The number of nitrogens with one attached hydrogen (secondary N) is 3. The molecule has 0 bridgehead atoms. The first-order valence-corrected chi connectivity index (χ1v) is 9.32. The molecule has 1 unspecified atom stereocenters. The molecule has 6 heteroatoms. The second-order valence-electron chi connectivity index (χ2n) is 6.57. The van der Waals surface area contributed by atoms with Crippen molar-refractivity contribution in [1.29, 1.82) is 0 Å². The van der Waals surface area contributed by atoms with Gasteiger partial charge in [0.1, 0.15) is 6.54 Å². The highest BCUT2D eigenvalue weighted by Crippen LogP contribution is 2.17. The van der Waals surface area contributed by atoms with Crippen molar-refractivity contribution in [3.8, 4) is 0 Å². The van der Waals surface area contributed by atoms with Gasteiger partial charge in [0, 0.05) is 6.04 Å². The van der Waals surface area contributed by atoms with Crippen molar-refractivity contribution in [3.05, 3.63) is 21.9 Å². The Morgan fingerprint density at radius 3 is 2.65 bits per heavy atom. The number of aryl methyl sites for hydroxylation is 1. The predicted molar refractivity (Wildman–Crippen MR) is 92.7 cm³/mol. The second kappa shape index (κ2) is 8.45. The number of imide groups is 1. The van der Waals surface area contributed by atoms with Crippen LogP contribution in [-0.4, -0.2) is 31.1 Å². The maximum absolute atomic E-state index is 12.3. The van der Waals surface area contributed by atoms with Crippen molar-refractivity contribution in [1.82, 2.24) is 10.6 Å². The van der Waals surface area contributed by atoms with Crippen LogP contribution in [0.15, 0.2) is 11.4 Å². The largest absolute Gasteiger partial charge is 0.335 e. The van der Waals surface area contributed by atoms with Gasteiger partial charge < -0.3 is 10.2 Å². The highest BCUT2D eigenvalue weighted by Gasteiger charge is 2.25. The fraction of sp³-hybridized carbons (Fsp3) is 0.647. The number of likely N-dealkylation sites (N-methyl/N-ethyl adjacent to an activating group) is 1. The van der Waals surface area contributed by atoms with Crippen LogP contribution < -0.4 is 15.5 Å². The lowest BCUT2D eigenvalue weighted by Crippen LogP contribution is -3.12. The topological polar surface area (TPSA) is 62.6 Å². The van der Waals surface area contributed by atoms with Crippen molar-refractivity contribution >= 4 is 23.3 Å². The van der Waals surface area contributed by atoms with Crippen LogP contribution >= 0.6 is 11.3 Å². The van der Waals surface area contributed by atoms with E-state index in [0.717, 1.165) is 37.1 Å². The molecule has 2 atom stereocenters. The Morgan fingerprint density at radius 2 is 2.04 bits per heavy atom. The maximum Gasteiger partial charge on any atom is 0.321 e. The highest BCUT2D eigenvalue weighted by atomic mass is 32.1. The van der Waals surface area contributed by atoms with Gasteiger partial charge in [0.25, 0.3) is 5.91 Å². The summed E-state index contributed by atoms with van der Waals surface area (Å²) in [7, 11) is 1.99. The minimum atomic E-state index is -0.353. The van der Waals surface area contributed by atoms with Crippen LogP contribution in [0.5, 0.6) is 0 Å². The summed E-state index contributed by atoms with van der Waals surface area (Å²) in [6.07, 6.45) is 5.58. The molecular formula is C17H28N3O2S+. The summed E-state index contributed by atoms with van der Waals surface area (Å²) in [5.41, 5.74) is 1.26. The van der Waals surface area contributed by atoms with Gasteiger partial charge >= 0.3 is 6.03 Å². The van der Waals surface area contributed by atoms with Gasteiger partial charge in [-0.25, -0.2) is 4.79 Å². The van der Waals surface area contributed by atoms with Crippen LogP contribution in [0.1, 0.15) is 49.5 Å². The molecule has 3 amide bonds. The molecule has 0 aromatic carbocycles. The Morgan fingerprint density at radius 1 is 1.35 bits per heavy atom. The van der Waals surface area contributed by atoms with E-state index in [1.54, 1.807) is 11.3 Å². The standard InChI is InChI=1S/C17H27N3O2S/c1-12-9-10-23-15(12)11-20(3)13(2)16(21)19-17(22)18-14-7-5-4-6-8-14/h9-10,13-14H,4-8,11H2,1-3H3,(H2,18,19,21,22)/p+1/t13-/m1/s1. The number of hydrogen-bond donors (Lipinski definition) is 3. The zero-order valence-electron chi connectivity index (χ0n) is 14.3. The van der Waals surface area contributed by atoms with Gasteiger partial charge in [-0.2, -0.15) is 0 Å². The van der Waals surface area contributed by atoms with E-state index in [0.29, 0.717) is 0 Å².